The average Bonchev–Trinajstić information content (AvgIpc) is 3.06. The molecular weight excluding hydrogens is 212 g/mol. The van der Waals surface area contributed by atoms with E-state index in [0.717, 1.165) is 6.42 Å². The topological polar surface area (TPSA) is 29.6 Å². The molecule has 17 heavy (non-hydrogen) atoms. The number of ether oxygens (including phenoxy) is 1. The lowest BCUT2D eigenvalue weighted by Crippen LogP contribution is -2.04. The lowest BCUT2D eigenvalue weighted by molar-refractivity contribution is -0.118. The van der Waals surface area contributed by atoms with Gasteiger partial charge in [-0.3, -0.25) is 4.79 Å². The first-order chi connectivity index (χ1) is 8.25. The fourth-order valence-electron chi connectivity index (χ4n) is 2.38. The fourth-order valence-corrected chi connectivity index (χ4v) is 2.38. The molecule has 1 fully saturated rings. The van der Waals surface area contributed by atoms with Gasteiger partial charge in [-0.25, -0.2) is 0 Å². The Morgan fingerprint density at radius 3 is 1.94 bits per heavy atom. The van der Waals surface area contributed by atoms with Crippen LogP contribution in [0.25, 0.3) is 0 Å². The molecule has 2 unspecified atom stereocenters. The number of Topliss-reactive ketones (excluding diaryl/α,β-unsaturated/α-hetero) is 1. The SMILES string of the molecule is CCCCCCCCCCCC1OC1C(C)=O. The molecule has 1 aliphatic rings. The molecule has 100 valence electrons. The number of hydrogen-bond acceptors (Lipinski definition) is 2. The van der Waals surface area contributed by atoms with Crippen LogP contribution in [0.1, 0.15) is 78.1 Å². The summed E-state index contributed by atoms with van der Waals surface area (Å²) in [6, 6.07) is 0. The van der Waals surface area contributed by atoms with E-state index in [2.05, 4.69) is 6.92 Å². The highest BCUT2D eigenvalue weighted by atomic mass is 16.6. The molecule has 1 rings (SSSR count). The van der Waals surface area contributed by atoms with Gasteiger partial charge >= 0.3 is 0 Å². The summed E-state index contributed by atoms with van der Waals surface area (Å²) in [6.07, 6.45) is 13.5. The number of ketones is 1. The number of carbonyl (C=O) groups is 1. The molecule has 0 spiro atoms. The molecule has 1 saturated heterocycles. The number of rotatable bonds is 11. The van der Waals surface area contributed by atoms with E-state index in [4.69, 9.17) is 4.74 Å². The van der Waals surface area contributed by atoms with E-state index < -0.39 is 0 Å². The van der Waals surface area contributed by atoms with Crippen molar-refractivity contribution in [1.29, 1.82) is 0 Å². The lowest BCUT2D eigenvalue weighted by atomic mass is 10.0. The van der Waals surface area contributed by atoms with Crippen LogP contribution in [-0.4, -0.2) is 18.0 Å². The molecular formula is C15H28O2. The van der Waals surface area contributed by atoms with Crippen molar-refractivity contribution in [2.45, 2.75) is 90.3 Å². The van der Waals surface area contributed by atoms with Crippen LogP contribution in [0.3, 0.4) is 0 Å². The second-order valence-electron chi connectivity index (χ2n) is 5.32. The lowest BCUT2D eigenvalue weighted by Gasteiger charge is -2.00. The van der Waals surface area contributed by atoms with Crippen LogP contribution in [-0.2, 0) is 9.53 Å². The number of hydrogen-bond donors (Lipinski definition) is 0. The normalized spacial score (nSPS) is 22.7. The molecule has 0 radical (unpaired) electrons. The quantitative estimate of drug-likeness (QED) is 0.399. The Morgan fingerprint density at radius 1 is 0.941 bits per heavy atom. The highest BCUT2D eigenvalue weighted by Gasteiger charge is 2.41. The summed E-state index contributed by atoms with van der Waals surface area (Å²) in [5.74, 6) is 0.200. The Kier molecular flexibility index (Phi) is 7.50. The van der Waals surface area contributed by atoms with Gasteiger partial charge in [-0.1, -0.05) is 64.7 Å². The third-order valence-electron chi connectivity index (χ3n) is 3.58. The van der Waals surface area contributed by atoms with E-state index in [1.807, 2.05) is 0 Å². The van der Waals surface area contributed by atoms with Crippen molar-refractivity contribution in [2.24, 2.45) is 0 Å². The van der Waals surface area contributed by atoms with Crippen molar-refractivity contribution in [2.75, 3.05) is 0 Å². The van der Waals surface area contributed by atoms with Gasteiger partial charge in [0, 0.05) is 0 Å². The van der Waals surface area contributed by atoms with E-state index in [0.29, 0.717) is 0 Å². The van der Waals surface area contributed by atoms with Gasteiger partial charge in [-0.05, 0) is 13.3 Å². The summed E-state index contributed by atoms with van der Waals surface area (Å²) in [6.45, 7) is 3.88. The maximum absolute atomic E-state index is 11.0. The van der Waals surface area contributed by atoms with Crippen molar-refractivity contribution in [3.63, 3.8) is 0 Å². The highest BCUT2D eigenvalue weighted by molar-refractivity contribution is 5.83. The van der Waals surface area contributed by atoms with Crippen LogP contribution >= 0.6 is 0 Å². The molecule has 0 saturated carbocycles. The van der Waals surface area contributed by atoms with Gasteiger partial charge in [0.1, 0.15) is 6.10 Å². The van der Waals surface area contributed by atoms with Gasteiger partial charge < -0.3 is 4.74 Å². The number of unbranched alkanes of at least 4 members (excludes halogenated alkanes) is 8. The summed E-state index contributed by atoms with van der Waals surface area (Å²) in [4.78, 5) is 11.0. The highest BCUT2D eigenvalue weighted by Crippen LogP contribution is 2.28. The molecule has 1 heterocycles. The van der Waals surface area contributed by atoms with Gasteiger partial charge in [0.25, 0.3) is 0 Å². The van der Waals surface area contributed by atoms with Crippen LogP contribution in [0.4, 0.5) is 0 Å². The van der Waals surface area contributed by atoms with E-state index in [1.54, 1.807) is 6.92 Å². The molecule has 0 aromatic carbocycles. The first-order valence-corrected chi connectivity index (χ1v) is 7.41. The summed E-state index contributed by atoms with van der Waals surface area (Å²) in [7, 11) is 0. The summed E-state index contributed by atoms with van der Waals surface area (Å²) in [5.41, 5.74) is 0. The minimum atomic E-state index is -0.0518. The third-order valence-corrected chi connectivity index (χ3v) is 3.58. The Morgan fingerprint density at radius 2 is 1.47 bits per heavy atom. The van der Waals surface area contributed by atoms with Crippen molar-refractivity contribution < 1.29 is 9.53 Å². The van der Waals surface area contributed by atoms with Gasteiger partial charge in [0.2, 0.25) is 0 Å². The molecule has 2 heteroatoms. The summed E-state index contributed by atoms with van der Waals surface area (Å²) >= 11 is 0. The Labute approximate surface area is 106 Å². The zero-order valence-corrected chi connectivity index (χ0v) is 11.5. The smallest absolute Gasteiger partial charge is 0.161 e. The first kappa shape index (κ1) is 14.7. The van der Waals surface area contributed by atoms with Crippen LogP contribution in [0, 0.1) is 0 Å². The minimum Gasteiger partial charge on any atom is -0.361 e. The Bertz CT molecular complexity index is 213. The molecule has 0 aliphatic carbocycles. The molecule has 0 aromatic rings. The summed E-state index contributed by atoms with van der Waals surface area (Å²) in [5, 5.41) is 0. The number of epoxide rings is 1. The van der Waals surface area contributed by atoms with Gasteiger partial charge in [-0.2, -0.15) is 0 Å². The van der Waals surface area contributed by atoms with Gasteiger partial charge in [0.15, 0.2) is 5.78 Å². The standard InChI is InChI=1S/C15H28O2/c1-3-4-5-6-7-8-9-10-11-12-14-15(17-14)13(2)16/h14-15H,3-12H2,1-2H3. The Balaban J connectivity index is 1.75. The van der Waals surface area contributed by atoms with E-state index >= 15 is 0 Å². The van der Waals surface area contributed by atoms with Crippen molar-refractivity contribution >= 4 is 5.78 Å². The fraction of sp³-hybridized carbons (Fsp3) is 0.933. The van der Waals surface area contributed by atoms with Crippen LogP contribution in [0.15, 0.2) is 0 Å². The van der Waals surface area contributed by atoms with Crippen molar-refractivity contribution in [3.8, 4) is 0 Å². The van der Waals surface area contributed by atoms with E-state index in [1.165, 1.54) is 57.8 Å². The Hall–Kier alpha value is -0.370. The van der Waals surface area contributed by atoms with Crippen molar-refractivity contribution in [1.82, 2.24) is 0 Å². The third kappa shape index (κ3) is 6.82. The molecule has 2 nitrogen and oxygen atoms in total. The maximum atomic E-state index is 11.0. The predicted octanol–water partition coefficient (Wildman–Crippen LogP) is 4.26. The summed E-state index contributed by atoms with van der Waals surface area (Å²) < 4.78 is 5.30. The van der Waals surface area contributed by atoms with Crippen LogP contribution in [0.2, 0.25) is 0 Å². The van der Waals surface area contributed by atoms with Crippen LogP contribution in [0.5, 0.6) is 0 Å². The van der Waals surface area contributed by atoms with Crippen LogP contribution < -0.4 is 0 Å². The molecule has 0 bridgehead atoms. The molecule has 2 atom stereocenters. The largest absolute Gasteiger partial charge is 0.361 e. The monoisotopic (exact) mass is 240 g/mol. The van der Waals surface area contributed by atoms with Gasteiger partial charge in [-0.15, -0.1) is 0 Å². The van der Waals surface area contributed by atoms with E-state index in [-0.39, 0.29) is 18.0 Å². The number of carbonyl (C=O) groups excluding carboxylic acids is 1. The first-order valence-electron chi connectivity index (χ1n) is 7.41. The molecule has 0 amide bonds. The minimum absolute atomic E-state index is 0.0518. The maximum Gasteiger partial charge on any atom is 0.161 e. The molecule has 0 aromatic heterocycles. The second-order valence-corrected chi connectivity index (χ2v) is 5.32. The zero-order chi connectivity index (χ0) is 12.5. The molecule has 0 N–H and O–H groups in total. The average molecular weight is 240 g/mol. The predicted molar refractivity (Wildman–Crippen MR) is 71.2 cm³/mol. The zero-order valence-electron chi connectivity index (χ0n) is 11.5. The van der Waals surface area contributed by atoms with E-state index in [9.17, 15) is 4.79 Å². The second kappa shape index (κ2) is 8.68. The van der Waals surface area contributed by atoms with Gasteiger partial charge in [0.05, 0.1) is 6.10 Å². The molecule has 1 aliphatic heterocycles. The van der Waals surface area contributed by atoms with Crippen molar-refractivity contribution in [3.05, 3.63) is 0 Å².